The van der Waals surface area contributed by atoms with Crippen molar-refractivity contribution in [1.82, 2.24) is 14.9 Å². The average molecular weight is 315 g/mol. The first-order valence-corrected chi connectivity index (χ1v) is 8.49. The molecule has 116 valence electrons. The van der Waals surface area contributed by atoms with E-state index >= 15 is 0 Å². The molecule has 0 bridgehead atoms. The summed E-state index contributed by atoms with van der Waals surface area (Å²) in [6.07, 6.45) is 4.04. The minimum absolute atomic E-state index is 0.186. The Labute approximate surface area is 135 Å². The predicted octanol–water partition coefficient (Wildman–Crippen LogP) is 3.23. The van der Waals surface area contributed by atoms with Gasteiger partial charge in [0.1, 0.15) is 5.01 Å². The number of aromatic nitrogens is 2. The summed E-state index contributed by atoms with van der Waals surface area (Å²) in [6, 6.07) is 4.20. The average Bonchev–Trinajstić information content (AvgIpc) is 3.08. The number of thiazole rings is 1. The standard InChI is InChI=1S/C17H21N3OS/c1-11-12(2)22-17(19-11)16-5-4-14(9-18-16)8-15-6-7-20(10-15)13(3)21/h4-5,9,15H,6-8,10H2,1-3H3/t15-/m0/s1. The minimum atomic E-state index is 0.186. The molecule has 1 aliphatic heterocycles. The second-order valence-electron chi connectivity index (χ2n) is 6.04. The van der Waals surface area contributed by atoms with Gasteiger partial charge in [0.15, 0.2) is 0 Å². The molecular weight excluding hydrogens is 294 g/mol. The molecule has 3 heterocycles. The van der Waals surface area contributed by atoms with E-state index in [2.05, 4.69) is 29.0 Å². The zero-order valence-electron chi connectivity index (χ0n) is 13.3. The van der Waals surface area contributed by atoms with Crippen molar-refractivity contribution in [3.05, 3.63) is 34.5 Å². The highest BCUT2D eigenvalue weighted by Gasteiger charge is 2.24. The molecule has 0 aliphatic carbocycles. The number of nitrogens with zero attached hydrogens (tertiary/aromatic N) is 3. The Morgan fingerprint density at radius 3 is 2.77 bits per heavy atom. The van der Waals surface area contributed by atoms with E-state index in [-0.39, 0.29) is 5.91 Å². The number of rotatable bonds is 3. The van der Waals surface area contributed by atoms with Gasteiger partial charge in [-0.05, 0) is 44.2 Å². The van der Waals surface area contributed by atoms with E-state index in [0.717, 1.165) is 42.3 Å². The van der Waals surface area contributed by atoms with Gasteiger partial charge in [0.2, 0.25) is 5.91 Å². The number of hydrogen-bond acceptors (Lipinski definition) is 4. The molecule has 0 N–H and O–H groups in total. The first-order chi connectivity index (χ1) is 10.5. The Balaban J connectivity index is 1.66. The van der Waals surface area contributed by atoms with Crippen LogP contribution in [-0.4, -0.2) is 33.9 Å². The highest BCUT2D eigenvalue weighted by Crippen LogP contribution is 2.26. The van der Waals surface area contributed by atoms with Gasteiger partial charge >= 0.3 is 0 Å². The van der Waals surface area contributed by atoms with E-state index in [4.69, 9.17) is 0 Å². The van der Waals surface area contributed by atoms with Crippen LogP contribution in [0.4, 0.5) is 0 Å². The molecule has 0 saturated carbocycles. The number of carbonyl (C=O) groups is 1. The van der Waals surface area contributed by atoms with Crippen molar-refractivity contribution in [3.8, 4) is 10.7 Å². The molecule has 3 rings (SSSR count). The fraction of sp³-hybridized carbons (Fsp3) is 0.471. The first kappa shape index (κ1) is 15.2. The van der Waals surface area contributed by atoms with Crippen LogP contribution in [0.3, 0.4) is 0 Å². The van der Waals surface area contributed by atoms with E-state index < -0.39 is 0 Å². The second-order valence-corrected chi connectivity index (χ2v) is 7.24. The van der Waals surface area contributed by atoms with E-state index in [1.54, 1.807) is 18.3 Å². The quantitative estimate of drug-likeness (QED) is 0.873. The van der Waals surface area contributed by atoms with E-state index in [1.165, 1.54) is 10.4 Å². The number of likely N-dealkylation sites (tertiary alicyclic amines) is 1. The lowest BCUT2D eigenvalue weighted by Crippen LogP contribution is -2.26. The summed E-state index contributed by atoms with van der Waals surface area (Å²) in [5.41, 5.74) is 3.27. The van der Waals surface area contributed by atoms with Gasteiger partial charge in [-0.1, -0.05) is 6.07 Å². The van der Waals surface area contributed by atoms with Crippen molar-refractivity contribution in [1.29, 1.82) is 0 Å². The van der Waals surface area contributed by atoms with Crippen LogP contribution in [-0.2, 0) is 11.2 Å². The number of amides is 1. The van der Waals surface area contributed by atoms with Crippen LogP contribution in [0.1, 0.15) is 29.5 Å². The molecule has 1 fully saturated rings. The maximum atomic E-state index is 11.4. The van der Waals surface area contributed by atoms with E-state index in [9.17, 15) is 4.79 Å². The normalized spacial score (nSPS) is 18.0. The summed E-state index contributed by atoms with van der Waals surface area (Å²) < 4.78 is 0. The van der Waals surface area contributed by atoms with Gasteiger partial charge in [-0.3, -0.25) is 9.78 Å². The minimum Gasteiger partial charge on any atom is -0.343 e. The fourth-order valence-corrected chi connectivity index (χ4v) is 3.76. The summed E-state index contributed by atoms with van der Waals surface area (Å²) in [5.74, 6) is 0.742. The number of hydrogen-bond donors (Lipinski definition) is 0. The zero-order valence-corrected chi connectivity index (χ0v) is 14.1. The van der Waals surface area contributed by atoms with Crippen LogP contribution < -0.4 is 0 Å². The summed E-state index contributed by atoms with van der Waals surface area (Å²) in [4.78, 5) is 23.7. The molecule has 0 unspecified atom stereocenters. The Kier molecular flexibility index (Phi) is 4.25. The Bertz CT molecular complexity index is 658. The molecule has 0 radical (unpaired) electrons. The van der Waals surface area contributed by atoms with Gasteiger partial charge in [-0.15, -0.1) is 11.3 Å². The predicted molar refractivity (Wildman–Crippen MR) is 88.9 cm³/mol. The second kappa shape index (κ2) is 6.16. The largest absolute Gasteiger partial charge is 0.343 e. The number of pyridine rings is 1. The summed E-state index contributed by atoms with van der Waals surface area (Å²) in [6.45, 7) is 7.54. The molecule has 1 saturated heterocycles. The van der Waals surface area contributed by atoms with Gasteiger partial charge in [0.05, 0.1) is 11.4 Å². The number of carbonyl (C=O) groups excluding carboxylic acids is 1. The van der Waals surface area contributed by atoms with Crippen LogP contribution in [0.2, 0.25) is 0 Å². The molecule has 2 aromatic rings. The molecule has 22 heavy (non-hydrogen) atoms. The van der Waals surface area contributed by atoms with Crippen molar-refractivity contribution in [2.75, 3.05) is 13.1 Å². The zero-order chi connectivity index (χ0) is 15.7. The maximum absolute atomic E-state index is 11.4. The lowest BCUT2D eigenvalue weighted by atomic mass is 10.00. The molecule has 5 heteroatoms. The third kappa shape index (κ3) is 3.19. The van der Waals surface area contributed by atoms with Crippen LogP contribution in [0, 0.1) is 19.8 Å². The monoisotopic (exact) mass is 315 g/mol. The lowest BCUT2D eigenvalue weighted by Gasteiger charge is -2.13. The summed E-state index contributed by atoms with van der Waals surface area (Å²) >= 11 is 1.69. The summed E-state index contributed by atoms with van der Waals surface area (Å²) in [7, 11) is 0. The third-order valence-electron chi connectivity index (χ3n) is 4.33. The van der Waals surface area contributed by atoms with Gasteiger partial charge in [0, 0.05) is 31.1 Å². The summed E-state index contributed by atoms with van der Waals surface area (Å²) in [5, 5.41) is 0.991. The van der Waals surface area contributed by atoms with Crippen molar-refractivity contribution >= 4 is 17.2 Å². The van der Waals surface area contributed by atoms with Crippen molar-refractivity contribution in [3.63, 3.8) is 0 Å². The Morgan fingerprint density at radius 2 is 2.23 bits per heavy atom. The molecule has 1 amide bonds. The Hall–Kier alpha value is -1.75. The van der Waals surface area contributed by atoms with E-state index in [1.807, 2.05) is 18.0 Å². The van der Waals surface area contributed by atoms with Crippen molar-refractivity contribution < 1.29 is 4.79 Å². The first-order valence-electron chi connectivity index (χ1n) is 7.68. The molecule has 0 aromatic carbocycles. The fourth-order valence-electron chi connectivity index (χ4n) is 2.87. The van der Waals surface area contributed by atoms with Crippen LogP contribution in [0.5, 0.6) is 0 Å². The highest BCUT2D eigenvalue weighted by atomic mass is 32.1. The lowest BCUT2D eigenvalue weighted by molar-refractivity contribution is -0.127. The van der Waals surface area contributed by atoms with Crippen molar-refractivity contribution in [2.45, 2.75) is 33.6 Å². The van der Waals surface area contributed by atoms with Gasteiger partial charge in [-0.2, -0.15) is 0 Å². The van der Waals surface area contributed by atoms with Crippen LogP contribution >= 0.6 is 11.3 Å². The van der Waals surface area contributed by atoms with Crippen molar-refractivity contribution in [2.24, 2.45) is 5.92 Å². The number of aryl methyl sites for hydroxylation is 2. The van der Waals surface area contributed by atoms with Gasteiger partial charge in [-0.25, -0.2) is 4.98 Å². The topological polar surface area (TPSA) is 46.1 Å². The SMILES string of the molecule is CC(=O)N1CC[C@@H](Cc2ccc(-c3nc(C)c(C)s3)nc2)C1. The Morgan fingerprint density at radius 1 is 1.41 bits per heavy atom. The molecular formula is C17H21N3OS. The maximum Gasteiger partial charge on any atom is 0.219 e. The third-order valence-corrected chi connectivity index (χ3v) is 5.42. The highest BCUT2D eigenvalue weighted by molar-refractivity contribution is 7.15. The molecule has 4 nitrogen and oxygen atoms in total. The molecule has 0 spiro atoms. The molecule has 1 atom stereocenters. The van der Waals surface area contributed by atoms with E-state index in [0.29, 0.717) is 5.92 Å². The van der Waals surface area contributed by atoms with Crippen LogP contribution in [0.25, 0.3) is 10.7 Å². The molecule has 1 aliphatic rings. The van der Waals surface area contributed by atoms with Crippen LogP contribution in [0.15, 0.2) is 18.3 Å². The smallest absolute Gasteiger partial charge is 0.219 e. The molecule has 2 aromatic heterocycles. The van der Waals surface area contributed by atoms with Gasteiger partial charge < -0.3 is 4.90 Å². The van der Waals surface area contributed by atoms with Gasteiger partial charge in [0.25, 0.3) is 0 Å².